The summed E-state index contributed by atoms with van der Waals surface area (Å²) in [5, 5.41) is 7.16. The summed E-state index contributed by atoms with van der Waals surface area (Å²) in [6, 6.07) is 104. The van der Waals surface area contributed by atoms with Crippen LogP contribution in [0.3, 0.4) is 0 Å². The Labute approximate surface area is 596 Å². The van der Waals surface area contributed by atoms with E-state index in [0.717, 1.165) is 54.3 Å². The van der Waals surface area contributed by atoms with E-state index in [9.17, 15) is 1.37 Å². The Morgan fingerprint density at radius 1 is 0.190 bits per heavy atom. The van der Waals surface area contributed by atoms with Crippen molar-refractivity contribution in [3.8, 4) is 89.5 Å². The van der Waals surface area contributed by atoms with Gasteiger partial charge in [-0.2, -0.15) is 0 Å². The van der Waals surface area contributed by atoms with Gasteiger partial charge in [-0.3, -0.25) is 0 Å². The van der Waals surface area contributed by atoms with Crippen molar-refractivity contribution in [2.75, 3.05) is 0 Å². The average Bonchev–Trinajstić information content (AvgIpc) is 1.53. The summed E-state index contributed by atoms with van der Waals surface area (Å²) in [4.78, 5) is 0. The molecule has 100 heavy (non-hydrogen) atoms. The summed E-state index contributed by atoms with van der Waals surface area (Å²) in [5.74, 6) is 0. The van der Waals surface area contributed by atoms with Gasteiger partial charge in [0.25, 0.3) is 0 Å². The van der Waals surface area contributed by atoms with Gasteiger partial charge in [-0.25, -0.2) is 0 Å². The second-order valence-electron chi connectivity index (χ2n) is 25.0. The highest BCUT2D eigenvalue weighted by Gasteiger charge is 2.22. The number of aromatic nitrogens is 4. The predicted molar refractivity (Wildman–Crippen MR) is 423 cm³/mol. The molecule has 0 fully saturated rings. The molecule has 4 nitrogen and oxygen atoms in total. The summed E-state index contributed by atoms with van der Waals surface area (Å²) in [5.41, 5.74) is 21.0. The van der Waals surface area contributed by atoms with E-state index >= 15 is 0 Å². The van der Waals surface area contributed by atoms with Gasteiger partial charge in [-0.05, 0) is 141 Å². The van der Waals surface area contributed by atoms with E-state index in [1.807, 2.05) is 60.7 Å². The highest BCUT2D eigenvalue weighted by atomic mass is 15.0. The van der Waals surface area contributed by atoms with Crippen molar-refractivity contribution in [2.45, 2.75) is 0 Å². The van der Waals surface area contributed by atoms with Crippen molar-refractivity contribution in [1.82, 2.24) is 18.3 Å². The van der Waals surface area contributed by atoms with Crippen LogP contribution >= 0.6 is 0 Å². The van der Waals surface area contributed by atoms with Crippen LogP contribution in [0.25, 0.3) is 177 Å². The van der Waals surface area contributed by atoms with Crippen molar-refractivity contribution < 1.29 is 16.4 Å². The highest BCUT2D eigenvalue weighted by Crippen LogP contribution is 2.44. The van der Waals surface area contributed by atoms with Crippen LogP contribution < -0.4 is 0 Å². The quantitative estimate of drug-likeness (QED) is 0.130. The van der Waals surface area contributed by atoms with Crippen LogP contribution in [0.2, 0.25) is 0 Å². The van der Waals surface area contributed by atoms with E-state index in [0.29, 0.717) is 5.56 Å². The average molecular weight is 1290 g/mol. The molecule has 4 heteroatoms. The Morgan fingerprint density at radius 2 is 0.590 bits per heavy atom. The van der Waals surface area contributed by atoms with Crippen LogP contribution in [0.5, 0.6) is 0 Å². The Bertz CT molecular complexity index is 7220. The molecule has 4 heterocycles. The Kier molecular flexibility index (Phi) is 11.4. The molecule has 20 rings (SSSR count). The SMILES string of the molecule is [2H]c1c([2H])c([2H])c(-n2c3c([2H])c([2H])c([2H])c([2H])c3c3c(-c4ccc(-c5ccccc5-n5c6ccccc6c6cc(-c7ccccc7)ccc65)cc4)c([2H])c([2H])c([2H])c32)c([2H])c1[2H].c1ccc(-c2ccc3c(c2)c2ccccc2n3-c2ccccc2-c2ccc(-c3cccc4c5ccccc5n(-c5ccccc5)c34)cc2)cc1. The lowest BCUT2D eigenvalue weighted by Gasteiger charge is -2.15. The lowest BCUT2D eigenvalue weighted by atomic mass is 9.96. The number of nitrogens with zero attached hydrogens (tertiary/aromatic N) is 4. The van der Waals surface area contributed by atoms with E-state index in [1.54, 1.807) is 12.1 Å². The summed E-state index contributed by atoms with van der Waals surface area (Å²) in [6.07, 6.45) is 0. The normalized spacial score (nSPS) is 13.3. The van der Waals surface area contributed by atoms with Crippen LogP contribution in [0.1, 0.15) is 16.4 Å². The second kappa shape index (κ2) is 24.4. The first kappa shape index (κ1) is 46.8. The topological polar surface area (TPSA) is 19.7 Å². The van der Waals surface area contributed by atoms with Gasteiger partial charge in [0, 0.05) is 71.2 Å². The van der Waals surface area contributed by atoms with E-state index < -0.39 is 72.2 Å². The molecule has 0 N–H and O–H groups in total. The predicted octanol–water partition coefficient (Wildman–Crippen LogP) is 25.8. The second-order valence-corrected chi connectivity index (χ2v) is 25.0. The first-order chi connectivity index (χ1) is 54.6. The molecule has 0 bridgehead atoms. The number of fused-ring (bicyclic) bond motifs is 12. The van der Waals surface area contributed by atoms with Gasteiger partial charge in [0.15, 0.2) is 0 Å². The van der Waals surface area contributed by atoms with E-state index in [2.05, 4.69) is 256 Å². The van der Waals surface area contributed by atoms with Gasteiger partial charge in [0.1, 0.15) is 0 Å². The van der Waals surface area contributed by atoms with Crippen LogP contribution in [-0.4, -0.2) is 18.3 Å². The van der Waals surface area contributed by atoms with Crippen LogP contribution in [0.4, 0.5) is 0 Å². The molecule has 468 valence electrons. The van der Waals surface area contributed by atoms with Gasteiger partial charge < -0.3 is 18.3 Å². The van der Waals surface area contributed by atoms with Crippen molar-refractivity contribution >= 4 is 87.2 Å². The zero-order valence-corrected chi connectivity index (χ0v) is 53.8. The standard InChI is InChI=1S/2C48H32N2/c1-3-14-33(15-4-1)36-30-31-47-43(32-36)41-20-9-12-25-46(41)50(47)44-23-10-7-18-38(44)34-26-28-35(29-27-34)39-21-13-22-42-40-19-8-11-24-45(40)49(48(39)42)37-16-5-2-6-17-37;1-3-14-33(15-4-1)36-30-31-46-42(32-36)40-19-8-11-23-44(40)50(46)43-22-10-7-18-38(43)34-26-28-35(29-27-34)39-21-13-25-47-48(39)41-20-9-12-24-45(41)49(47)37-16-5-2-6-17-37/h2*1-32H/i;2D,5D,6D,9D,12D,13D,16D,17D,20D,21D,24D,25D. The Balaban J connectivity index is 0.000000154. The molecule has 16 aromatic carbocycles. The third kappa shape index (κ3) is 9.76. The third-order valence-corrected chi connectivity index (χ3v) is 19.5. The fraction of sp³-hybridized carbons (Fsp3) is 0. The maximum atomic E-state index is 9.24. The van der Waals surface area contributed by atoms with Gasteiger partial charge in [0.2, 0.25) is 0 Å². The number of rotatable bonds is 10. The maximum absolute atomic E-state index is 9.24. The van der Waals surface area contributed by atoms with Gasteiger partial charge in [-0.1, -0.05) is 297 Å². The van der Waals surface area contributed by atoms with Crippen molar-refractivity contribution in [1.29, 1.82) is 0 Å². The minimum atomic E-state index is -0.680. The summed E-state index contributed by atoms with van der Waals surface area (Å²) >= 11 is 0. The van der Waals surface area contributed by atoms with Crippen LogP contribution in [-0.2, 0) is 0 Å². The van der Waals surface area contributed by atoms with E-state index in [-0.39, 0.29) is 33.4 Å². The molecule has 0 aliphatic heterocycles. The maximum Gasteiger partial charge on any atom is 0.0645 e. The molecule has 0 aliphatic rings. The molecule has 0 unspecified atom stereocenters. The molecule has 0 aliphatic carbocycles. The Hall–Kier alpha value is -13.3. The smallest absolute Gasteiger partial charge is 0.0645 e. The lowest BCUT2D eigenvalue weighted by molar-refractivity contribution is 1.18. The van der Waals surface area contributed by atoms with Gasteiger partial charge in [-0.15, -0.1) is 0 Å². The Morgan fingerprint density at radius 3 is 1.15 bits per heavy atom. The zero-order chi connectivity index (χ0) is 76.5. The molecule has 0 saturated heterocycles. The first-order valence-electron chi connectivity index (χ1n) is 39.4. The molecular formula is C96H64N4. The van der Waals surface area contributed by atoms with E-state index in [4.69, 9.17) is 15.1 Å². The minimum absolute atomic E-state index is 0.0260. The van der Waals surface area contributed by atoms with Crippen molar-refractivity contribution in [3.63, 3.8) is 0 Å². The summed E-state index contributed by atoms with van der Waals surface area (Å²) < 4.78 is 114. The van der Waals surface area contributed by atoms with E-state index in [1.165, 1.54) is 88.4 Å². The number of benzene rings is 16. The van der Waals surface area contributed by atoms with Gasteiger partial charge >= 0.3 is 0 Å². The van der Waals surface area contributed by atoms with Crippen molar-refractivity contribution in [2.24, 2.45) is 0 Å². The molecular weight excluding hydrogens is 1210 g/mol. The highest BCUT2D eigenvalue weighted by molar-refractivity contribution is 6.17. The minimum Gasteiger partial charge on any atom is -0.309 e. The van der Waals surface area contributed by atoms with Gasteiger partial charge in [0.05, 0.1) is 72.0 Å². The zero-order valence-electron chi connectivity index (χ0n) is 65.8. The van der Waals surface area contributed by atoms with Crippen molar-refractivity contribution in [3.05, 3.63) is 388 Å². The fourth-order valence-electron chi connectivity index (χ4n) is 15.0. The monoisotopic (exact) mass is 1280 g/mol. The molecule has 4 aromatic heterocycles. The number of para-hydroxylation sites is 9. The largest absolute Gasteiger partial charge is 0.309 e. The first-order valence-corrected chi connectivity index (χ1v) is 33.4. The number of hydrogen-bond acceptors (Lipinski definition) is 0. The molecule has 0 radical (unpaired) electrons. The summed E-state index contributed by atoms with van der Waals surface area (Å²) in [6.45, 7) is 0. The molecule has 0 atom stereocenters. The fourth-order valence-corrected chi connectivity index (χ4v) is 15.0. The number of hydrogen-bond donors (Lipinski definition) is 0. The molecule has 20 aromatic rings. The lowest BCUT2D eigenvalue weighted by Crippen LogP contribution is -1.97. The molecule has 0 spiro atoms. The molecule has 0 amide bonds. The third-order valence-electron chi connectivity index (χ3n) is 19.5. The summed E-state index contributed by atoms with van der Waals surface area (Å²) in [7, 11) is 0. The van der Waals surface area contributed by atoms with Crippen LogP contribution in [0, 0.1) is 0 Å². The molecule has 0 saturated carbocycles. The van der Waals surface area contributed by atoms with Crippen LogP contribution in [0.15, 0.2) is 388 Å².